The summed E-state index contributed by atoms with van der Waals surface area (Å²) in [6, 6.07) is 0. The minimum absolute atomic E-state index is 0.689. The first-order valence-corrected chi connectivity index (χ1v) is 8.41. The molecule has 20 heavy (non-hydrogen) atoms. The second-order valence-corrected chi connectivity index (χ2v) is 7.17. The summed E-state index contributed by atoms with van der Waals surface area (Å²) in [6.07, 6.45) is 4.69. The predicted molar refractivity (Wildman–Crippen MR) is 85.5 cm³/mol. The molecule has 1 saturated carbocycles. The van der Waals surface area contributed by atoms with Gasteiger partial charge in [0.25, 0.3) is 0 Å². The molecule has 0 aromatic carbocycles. The molecule has 4 nitrogen and oxygen atoms in total. The molecule has 0 aliphatic heterocycles. The van der Waals surface area contributed by atoms with Crippen molar-refractivity contribution >= 4 is 16.5 Å². The van der Waals surface area contributed by atoms with Gasteiger partial charge in [-0.3, -0.25) is 0 Å². The minimum Gasteiger partial charge on any atom is -0.379 e. The first-order valence-electron chi connectivity index (χ1n) is 7.59. The smallest absolute Gasteiger partial charge is 0.185 e. The van der Waals surface area contributed by atoms with Crippen LogP contribution in [0.5, 0.6) is 0 Å². The number of nitrogens with zero attached hydrogens (tertiary/aromatic N) is 2. The lowest BCUT2D eigenvalue weighted by Gasteiger charge is -2.15. The first kappa shape index (κ1) is 15.7. The van der Waals surface area contributed by atoms with Gasteiger partial charge in [0.15, 0.2) is 5.13 Å². The van der Waals surface area contributed by atoms with Gasteiger partial charge in [0.05, 0.1) is 6.61 Å². The van der Waals surface area contributed by atoms with Crippen molar-refractivity contribution in [2.45, 2.75) is 33.2 Å². The van der Waals surface area contributed by atoms with Gasteiger partial charge >= 0.3 is 0 Å². The lowest BCUT2D eigenvalue weighted by molar-refractivity contribution is 0.131. The largest absolute Gasteiger partial charge is 0.379 e. The van der Waals surface area contributed by atoms with Crippen LogP contribution in [0.4, 0.5) is 5.13 Å². The van der Waals surface area contributed by atoms with Crippen molar-refractivity contribution in [2.24, 2.45) is 11.8 Å². The van der Waals surface area contributed by atoms with E-state index in [9.17, 15) is 0 Å². The van der Waals surface area contributed by atoms with Crippen LogP contribution in [-0.4, -0.2) is 38.3 Å². The van der Waals surface area contributed by atoms with Crippen molar-refractivity contribution in [1.82, 2.24) is 10.3 Å². The Morgan fingerprint density at radius 1 is 1.50 bits per heavy atom. The summed E-state index contributed by atoms with van der Waals surface area (Å²) in [4.78, 5) is 7.97. The second kappa shape index (κ2) is 7.96. The molecule has 1 heterocycles. The Hall–Kier alpha value is -0.650. The molecule has 114 valence electrons. The van der Waals surface area contributed by atoms with Crippen LogP contribution in [0.25, 0.3) is 0 Å². The van der Waals surface area contributed by atoms with Crippen molar-refractivity contribution in [2.75, 3.05) is 38.3 Å². The van der Waals surface area contributed by atoms with E-state index in [4.69, 9.17) is 4.74 Å². The molecular weight excluding hydrogens is 270 g/mol. The highest BCUT2D eigenvalue weighted by Crippen LogP contribution is 2.28. The van der Waals surface area contributed by atoms with Crippen molar-refractivity contribution in [1.29, 1.82) is 0 Å². The Morgan fingerprint density at radius 3 is 3.00 bits per heavy atom. The van der Waals surface area contributed by atoms with Gasteiger partial charge in [-0.1, -0.05) is 13.8 Å². The van der Waals surface area contributed by atoms with Crippen LogP contribution in [0.15, 0.2) is 6.20 Å². The van der Waals surface area contributed by atoms with Gasteiger partial charge in [0.2, 0.25) is 0 Å². The highest BCUT2D eigenvalue weighted by molar-refractivity contribution is 7.15. The standard InChI is InChI=1S/C15H27N3OS/c1-12(2)8-16-9-14-10-17-15(20-14)18(3)6-7-19-11-13-4-5-13/h10,12-13,16H,4-9,11H2,1-3H3. The van der Waals surface area contributed by atoms with E-state index in [1.165, 1.54) is 17.7 Å². The number of hydrogen-bond acceptors (Lipinski definition) is 5. The van der Waals surface area contributed by atoms with Crippen molar-refractivity contribution in [3.8, 4) is 0 Å². The molecule has 1 aliphatic rings. The number of thiazole rings is 1. The van der Waals surface area contributed by atoms with E-state index < -0.39 is 0 Å². The summed E-state index contributed by atoms with van der Waals surface area (Å²) < 4.78 is 5.67. The van der Waals surface area contributed by atoms with E-state index in [0.717, 1.165) is 43.9 Å². The van der Waals surface area contributed by atoms with E-state index >= 15 is 0 Å². The van der Waals surface area contributed by atoms with Gasteiger partial charge in [-0.2, -0.15) is 0 Å². The van der Waals surface area contributed by atoms with E-state index in [-0.39, 0.29) is 0 Å². The summed E-state index contributed by atoms with van der Waals surface area (Å²) in [5, 5.41) is 4.54. The third kappa shape index (κ3) is 5.77. The number of anilines is 1. The van der Waals surface area contributed by atoms with Crippen LogP contribution in [0.1, 0.15) is 31.6 Å². The lowest BCUT2D eigenvalue weighted by atomic mass is 10.2. The summed E-state index contributed by atoms with van der Waals surface area (Å²) in [7, 11) is 2.09. The van der Waals surface area contributed by atoms with Gasteiger partial charge in [-0.05, 0) is 31.2 Å². The molecule has 2 rings (SSSR count). The van der Waals surface area contributed by atoms with E-state index in [1.54, 1.807) is 11.3 Å². The zero-order valence-corrected chi connectivity index (χ0v) is 13.7. The van der Waals surface area contributed by atoms with Gasteiger partial charge < -0.3 is 15.0 Å². The molecule has 5 heteroatoms. The Morgan fingerprint density at radius 2 is 2.30 bits per heavy atom. The fourth-order valence-electron chi connectivity index (χ4n) is 1.87. The van der Waals surface area contributed by atoms with Gasteiger partial charge in [-0.25, -0.2) is 4.98 Å². The maximum absolute atomic E-state index is 5.67. The maximum Gasteiger partial charge on any atom is 0.185 e. The highest BCUT2D eigenvalue weighted by atomic mass is 32.1. The molecule has 0 spiro atoms. The Bertz CT molecular complexity index is 390. The molecule has 1 aromatic heterocycles. The van der Waals surface area contributed by atoms with E-state index in [1.807, 2.05) is 6.20 Å². The quantitative estimate of drug-likeness (QED) is 0.674. The molecule has 1 N–H and O–H groups in total. The van der Waals surface area contributed by atoms with Crippen LogP contribution in [-0.2, 0) is 11.3 Å². The molecule has 0 amide bonds. The van der Waals surface area contributed by atoms with Crippen LogP contribution in [0.2, 0.25) is 0 Å². The number of ether oxygens (including phenoxy) is 1. The summed E-state index contributed by atoms with van der Waals surface area (Å²) >= 11 is 1.77. The Labute approximate surface area is 126 Å². The number of aromatic nitrogens is 1. The molecule has 0 unspecified atom stereocenters. The fourth-order valence-corrected chi connectivity index (χ4v) is 2.74. The first-order chi connectivity index (χ1) is 9.65. The van der Waals surface area contributed by atoms with Crippen molar-refractivity contribution in [3.05, 3.63) is 11.1 Å². The number of rotatable bonds is 10. The second-order valence-electron chi connectivity index (χ2n) is 6.07. The third-order valence-electron chi connectivity index (χ3n) is 3.34. The van der Waals surface area contributed by atoms with Crippen molar-refractivity contribution in [3.63, 3.8) is 0 Å². The molecule has 0 bridgehead atoms. The van der Waals surface area contributed by atoms with E-state index in [2.05, 4.69) is 36.1 Å². The minimum atomic E-state index is 0.689. The van der Waals surface area contributed by atoms with E-state index in [0.29, 0.717) is 5.92 Å². The van der Waals surface area contributed by atoms with Gasteiger partial charge in [-0.15, -0.1) is 11.3 Å². The lowest BCUT2D eigenvalue weighted by Crippen LogP contribution is -2.22. The average Bonchev–Trinajstić information content (AvgIpc) is 3.11. The molecule has 0 radical (unpaired) electrons. The molecular formula is C15H27N3OS. The fraction of sp³-hybridized carbons (Fsp3) is 0.800. The van der Waals surface area contributed by atoms with Crippen LogP contribution < -0.4 is 10.2 Å². The maximum atomic E-state index is 5.67. The number of likely N-dealkylation sites (N-methyl/N-ethyl adjacent to an activating group) is 1. The molecule has 1 aliphatic carbocycles. The molecule has 1 aromatic rings. The molecule has 1 fully saturated rings. The van der Waals surface area contributed by atoms with Crippen LogP contribution in [0, 0.1) is 11.8 Å². The number of hydrogen-bond donors (Lipinski definition) is 1. The topological polar surface area (TPSA) is 37.4 Å². The van der Waals surface area contributed by atoms with Crippen molar-refractivity contribution < 1.29 is 4.74 Å². The summed E-state index contributed by atoms with van der Waals surface area (Å²) in [5.74, 6) is 1.53. The molecule has 0 atom stereocenters. The zero-order valence-electron chi connectivity index (χ0n) is 12.9. The summed E-state index contributed by atoms with van der Waals surface area (Å²) in [5.41, 5.74) is 0. The Kier molecular flexibility index (Phi) is 6.26. The van der Waals surface area contributed by atoms with Crippen LogP contribution >= 0.6 is 11.3 Å². The molecule has 0 saturated heterocycles. The highest BCUT2D eigenvalue weighted by Gasteiger charge is 2.21. The summed E-state index contributed by atoms with van der Waals surface area (Å²) in [6.45, 7) is 9.07. The monoisotopic (exact) mass is 297 g/mol. The SMILES string of the molecule is CC(C)CNCc1cnc(N(C)CCOCC2CC2)s1. The zero-order chi connectivity index (χ0) is 14.4. The number of nitrogens with one attached hydrogen (secondary N) is 1. The van der Waals surface area contributed by atoms with Gasteiger partial charge in [0, 0.05) is 37.8 Å². The van der Waals surface area contributed by atoms with Crippen LogP contribution in [0.3, 0.4) is 0 Å². The normalized spacial score (nSPS) is 15.0. The average molecular weight is 297 g/mol. The Balaban J connectivity index is 1.64. The predicted octanol–water partition coefficient (Wildman–Crippen LogP) is 2.75. The van der Waals surface area contributed by atoms with Gasteiger partial charge in [0.1, 0.15) is 0 Å². The third-order valence-corrected chi connectivity index (χ3v) is 4.45.